The third-order valence-corrected chi connectivity index (χ3v) is 5.01. The summed E-state index contributed by atoms with van der Waals surface area (Å²) in [6.45, 7) is 3.31. The number of amides is 3. The number of carbonyl (C=O) groups is 3. The number of methoxy groups -OCH3 is 1. The van der Waals surface area contributed by atoms with Crippen molar-refractivity contribution in [1.82, 2.24) is 5.32 Å². The van der Waals surface area contributed by atoms with Crippen molar-refractivity contribution in [3.05, 3.63) is 53.6 Å². The number of ether oxygens (including phenoxy) is 1. The van der Waals surface area contributed by atoms with E-state index in [1.807, 2.05) is 31.2 Å². The standard InChI is InChI=1S/C23H27N3O4/c1-14-4-9-18(25-23(29)17-5-6-17)12-20(14)26-22(28)13-21(24-15(2)27)16-7-10-19(30-3)11-8-16/h4,7-12,17,21H,5-6,13H2,1-3H3,(H,24,27)(H,25,29)(H,26,28). The molecule has 0 spiro atoms. The van der Waals surface area contributed by atoms with E-state index in [1.165, 1.54) is 6.92 Å². The third-order valence-electron chi connectivity index (χ3n) is 5.01. The number of anilines is 2. The topological polar surface area (TPSA) is 96.5 Å². The highest BCUT2D eigenvalue weighted by Crippen LogP contribution is 2.31. The van der Waals surface area contributed by atoms with Crippen molar-refractivity contribution < 1.29 is 19.1 Å². The minimum atomic E-state index is -0.466. The van der Waals surface area contributed by atoms with Gasteiger partial charge in [0.2, 0.25) is 17.7 Å². The Kier molecular flexibility index (Phi) is 6.72. The molecule has 1 fully saturated rings. The van der Waals surface area contributed by atoms with Crippen LogP contribution in [0.2, 0.25) is 0 Å². The molecule has 1 atom stereocenters. The molecular formula is C23H27N3O4. The lowest BCUT2D eigenvalue weighted by Gasteiger charge is -2.19. The molecule has 0 aliphatic heterocycles. The molecule has 1 aliphatic rings. The second-order valence-electron chi connectivity index (χ2n) is 7.57. The molecule has 1 aliphatic carbocycles. The van der Waals surface area contributed by atoms with Gasteiger partial charge in [-0.05, 0) is 55.2 Å². The van der Waals surface area contributed by atoms with Crippen LogP contribution in [0.3, 0.4) is 0 Å². The second-order valence-corrected chi connectivity index (χ2v) is 7.57. The first-order valence-electron chi connectivity index (χ1n) is 9.98. The molecule has 0 heterocycles. The molecular weight excluding hydrogens is 382 g/mol. The maximum absolute atomic E-state index is 12.7. The highest BCUT2D eigenvalue weighted by atomic mass is 16.5. The van der Waals surface area contributed by atoms with Gasteiger partial charge in [0.05, 0.1) is 19.6 Å². The van der Waals surface area contributed by atoms with E-state index in [0.29, 0.717) is 17.1 Å². The van der Waals surface area contributed by atoms with Crippen LogP contribution in [-0.4, -0.2) is 24.8 Å². The summed E-state index contributed by atoms with van der Waals surface area (Å²) < 4.78 is 5.16. The molecule has 2 aromatic rings. The van der Waals surface area contributed by atoms with Gasteiger partial charge >= 0.3 is 0 Å². The van der Waals surface area contributed by atoms with Gasteiger partial charge in [-0.2, -0.15) is 0 Å². The van der Waals surface area contributed by atoms with E-state index in [4.69, 9.17) is 4.74 Å². The average molecular weight is 409 g/mol. The minimum absolute atomic E-state index is 0.0151. The summed E-state index contributed by atoms with van der Waals surface area (Å²) in [5, 5.41) is 8.61. The summed E-state index contributed by atoms with van der Waals surface area (Å²) in [7, 11) is 1.58. The molecule has 30 heavy (non-hydrogen) atoms. The number of carbonyl (C=O) groups excluding carboxylic acids is 3. The van der Waals surface area contributed by atoms with Gasteiger partial charge in [0.15, 0.2) is 0 Å². The van der Waals surface area contributed by atoms with Crippen molar-refractivity contribution in [3.63, 3.8) is 0 Å². The molecule has 0 bridgehead atoms. The first-order valence-corrected chi connectivity index (χ1v) is 9.98. The summed E-state index contributed by atoms with van der Waals surface area (Å²) in [5.41, 5.74) is 2.97. The van der Waals surface area contributed by atoms with Crippen molar-refractivity contribution in [1.29, 1.82) is 0 Å². The van der Waals surface area contributed by atoms with Gasteiger partial charge in [-0.15, -0.1) is 0 Å². The lowest BCUT2D eigenvalue weighted by molar-refractivity contribution is -0.120. The lowest BCUT2D eigenvalue weighted by atomic mass is 10.0. The normalized spacial score (nSPS) is 13.8. The summed E-state index contributed by atoms with van der Waals surface area (Å²) in [4.78, 5) is 36.4. The van der Waals surface area contributed by atoms with Gasteiger partial charge < -0.3 is 20.7 Å². The number of hydrogen-bond donors (Lipinski definition) is 3. The van der Waals surface area contributed by atoms with Crippen LogP contribution in [-0.2, 0) is 14.4 Å². The molecule has 3 rings (SSSR count). The first kappa shape index (κ1) is 21.4. The van der Waals surface area contributed by atoms with Gasteiger partial charge in [-0.3, -0.25) is 14.4 Å². The monoisotopic (exact) mass is 409 g/mol. The van der Waals surface area contributed by atoms with Crippen molar-refractivity contribution in [2.75, 3.05) is 17.7 Å². The van der Waals surface area contributed by atoms with Crippen LogP contribution in [0.25, 0.3) is 0 Å². The largest absolute Gasteiger partial charge is 0.497 e. The quantitative estimate of drug-likeness (QED) is 0.621. The van der Waals surface area contributed by atoms with E-state index in [0.717, 1.165) is 24.0 Å². The van der Waals surface area contributed by atoms with Crippen LogP contribution in [0.5, 0.6) is 5.75 Å². The summed E-state index contributed by atoms with van der Waals surface area (Å²) in [6, 6.07) is 12.2. The van der Waals surface area contributed by atoms with E-state index in [1.54, 1.807) is 25.3 Å². The summed E-state index contributed by atoms with van der Waals surface area (Å²) in [5.74, 6) is 0.363. The fourth-order valence-electron chi connectivity index (χ4n) is 3.14. The zero-order valence-electron chi connectivity index (χ0n) is 17.5. The van der Waals surface area contributed by atoms with E-state index in [-0.39, 0.29) is 30.1 Å². The number of benzene rings is 2. The number of hydrogen-bond acceptors (Lipinski definition) is 4. The SMILES string of the molecule is COc1ccc(C(CC(=O)Nc2cc(NC(=O)C3CC3)ccc2C)NC(C)=O)cc1. The Hall–Kier alpha value is -3.35. The van der Waals surface area contributed by atoms with Crippen molar-refractivity contribution in [2.45, 2.75) is 39.2 Å². The molecule has 3 amide bonds. The van der Waals surface area contributed by atoms with Gasteiger partial charge in [0.1, 0.15) is 5.75 Å². The third kappa shape index (κ3) is 5.83. The second kappa shape index (κ2) is 9.43. The van der Waals surface area contributed by atoms with Crippen molar-refractivity contribution >= 4 is 29.1 Å². The minimum Gasteiger partial charge on any atom is -0.497 e. The van der Waals surface area contributed by atoms with Crippen LogP contribution in [0.4, 0.5) is 11.4 Å². The fourth-order valence-corrected chi connectivity index (χ4v) is 3.14. The van der Waals surface area contributed by atoms with E-state index in [2.05, 4.69) is 16.0 Å². The predicted molar refractivity (Wildman–Crippen MR) is 115 cm³/mol. The Morgan fingerprint density at radius 3 is 2.37 bits per heavy atom. The zero-order chi connectivity index (χ0) is 21.7. The molecule has 7 heteroatoms. The van der Waals surface area contributed by atoms with Gasteiger partial charge in [-0.25, -0.2) is 0 Å². The number of aryl methyl sites for hydroxylation is 1. The molecule has 0 aromatic heterocycles. The lowest BCUT2D eigenvalue weighted by Crippen LogP contribution is -2.29. The van der Waals surface area contributed by atoms with E-state index >= 15 is 0 Å². The molecule has 7 nitrogen and oxygen atoms in total. The van der Waals surface area contributed by atoms with Gasteiger partial charge in [0.25, 0.3) is 0 Å². The Morgan fingerprint density at radius 2 is 1.77 bits per heavy atom. The highest BCUT2D eigenvalue weighted by molar-refractivity contribution is 5.96. The predicted octanol–water partition coefficient (Wildman–Crippen LogP) is 3.56. The first-order chi connectivity index (χ1) is 14.4. The van der Waals surface area contributed by atoms with Gasteiger partial charge in [0, 0.05) is 24.2 Å². The maximum Gasteiger partial charge on any atom is 0.227 e. The van der Waals surface area contributed by atoms with Crippen LogP contribution < -0.4 is 20.7 Å². The smallest absolute Gasteiger partial charge is 0.227 e. The van der Waals surface area contributed by atoms with Crippen LogP contribution in [0.1, 0.15) is 43.4 Å². The van der Waals surface area contributed by atoms with Crippen molar-refractivity contribution in [3.8, 4) is 5.75 Å². The molecule has 1 unspecified atom stereocenters. The highest BCUT2D eigenvalue weighted by Gasteiger charge is 2.29. The van der Waals surface area contributed by atoms with Crippen LogP contribution in [0.15, 0.2) is 42.5 Å². The Labute approximate surface area is 176 Å². The Bertz CT molecular complexity index is 936. The van der Waals surface area contributed by atoms with E-state index < -0.39 is 6.04 Å². The number of rotatable bonds is 8. The fraction of sp³-hybridized carbons (Fsp3) is 0.348. The van der Waals surface area contributed by atoms with Crippen LogP contribution in [0, 0.1) is 12.8 Å². The Balaban J connectivity index is 1.69. The van der Waals surface area contributed by atoms with Crippen LogP contribution >= 0.6 is 0 Å². The van der Waals surface area contributed by atoms with Crippen molar-refractivity contribution in [2.24, 2.45) is 5.92 Å². The maximum atomic E-state index is 12.7. The zero-order valence-corrected chi connectivity index (χ0v) is 17.5. The number of nitrogens with one attached hydrogen (secondary N) is 3. The molecule has 158 valence electrons. The van der Waals surface area contributed by atoms with E-state index in [9.17, 15) is 14.4 Å². The summed E-state index contributed by atoms with van der Waals surface area (Å²) in [6.07, 6.45) is 1.93. The molecule has 1 saturated carbocycles. The molecule has 2 aromatic carbocycles. The summed E-state index contributed by atoms with van der Waals surface area (Å²) >= 11 is 0. The average Bonchev–Trinajstić information content (AvgIpc) is 3.55. The van der Waals surface area contributed by atoms with Gasteiger partial charge in [-0.1, -0.05) is 18.2 Å². The Morgan fingerprint density at radius 1 is 1.07 bits per heavy atom. The molecule has 0 radical (unpaired) electrons. The molecule has 0 saturated heterocycles. The molecule has 3 N–H and O–H groups in total.